The van der Waals surface area contributed by atoms with Crippen LogP contribution in [-0.4, -0.2) is 27.7 Å². The molecule has 2 rings (SSSR count). The van der Waals surface area contributed by atoms with Crippen molar-refractivity contribution in [3.8, 4) is 0 Å². The fourth-order valence-electron chi connectivity index (χ4n) is 1.81. The molecule has 0 aromatic carbocycles. The number of fused-ring (bicyclic) bond motifs is 1. The van der Waals surface area contributed by atoms with Gasteiger partial charge in [0, 0.05) is 6.54 Å². The van der Waals surface area contributed by atoms with Crippen LogP contribution in [0.4, 0.5) is 5.82 Å². The molecule has 18 heavy (non-hydrogen) atoms. The van der Waals surface area contributed by atoms with Crippen molar-refractivity contribution < 1.29 is 5.11 Å². The van der Waals surface area contributed by atoms with Crippen LogP contribution in [0, 0.1) is 5.92 Å². The zero-order valence-electron chi connectivity index (χ0n) is 10.4. The number of hydrogen-bond acceptors (Lipinski definition) is 5. The molecule has 0 fully saturated rings. The Morgan fingerprint density at radius 2 is 2.22 bits per heavy atom. The topological polar surface area (TPSA) is 58.0 Å². The first kappa shape index (κ1) is 13.5. The van der Waals surface area contributed by atoms with E-state index in [4.69, 9.17) is 11.6 Å². The molecule has 1 unspecified atom stereocenters. The minimum absolute atomic E-state index is 0.228. The van der Waals surface area contributed by atoms with E-state index in [0.29, 0.717) is 18.3 Å². The first-order valence-corrected chi connectivity index (χ1v) is 7.14. The van der Waals surface area contributed by atoms with Crippen molar-refractivity contribution in [2.75, 3.05) is 11.9 Å². The lowest BCUT2D eigenvalue weighted by molar-refractivity contribution is 0.161. The molecular weight excluding hydrogens is 270 g/mol. The molecule has 2 aromatic rings. The van der Waals surface area contributed by atoms with E-state index >= 15 is 0 Å². The summed E-state index contributed by atoms with van der Waals surface area (Å²) in [6, 6.07) is 1.95. The smallest absolute Gasteiger partial charge is 0.225 e. The van der Waals surface area contributed by atoms with Crippen molar-refractivity contribution in [2.45, 2.75) is 26.4 Å². The molecule has 0 aliphatic rings. The predicted octanol–water partition coefficient (Wildman–Crippen LogP) is 3.16. The molecule has 0 saturated carbocycles. The van der Waals surface area contributed by atoms with Crippen LogP contribution in [0.3, 0.4) is 0 Å². The summed E-state index contributed by atoms with van der Waals surface area (Å²) in [5.74, 6) is 1.16. The molecule has 2 N–H and O–H groups in total. The maximum Gasteiger partial charge on any atom is 0.225 e. The van der Waals surface area contributed by atoms with Gasteiger partial charge in [-0.1, -0.05) is 13.8 Å². The Hall–Kier alpha value is -0.910. The van der Waals surface area contributed by atoms with E-state index in [2.05, 4.69) is 29.1 Å². The van der Waals surface area contributed by atoms with Gasteiger partial charge in [-0.3, -0.25) is 0 Å². The van der Waals surface area contributed by atoms with Crippen molar-refractivity contribution in [1.29, 1.82) is 0 Å². The molecule has 98 valence electrons. The normalized spacial score (nSPS) is 13.2. The number of nitrogens with one attached hydrogen (secondary N) is 1. The van der Waals surface area contributed by atoms with Crippen molar-refractivity contribution in [1.82, 2.24) is 9.97 Å². The Morgan fingerprint density at radius 1 is 1.44 bits per heavy atom. The first-order chi connectivity index (χ1) is 8.56. The third-order valence-corrected chi connectivity index (χ3v) is 3.52. The number of halogens is 1. The van der Waals surface area contributed by atoms with Gasteiger partial charge in [-0.05, 0) is 35.4 Å². The molecule has 0 aliphatic heterocycles. The summed E-state index contributed by atoms with van der Waals surface area (Å²) in [6.45, 7) is 4.64. The maximum absolute atomic E-state index is 9.84. The highest BCUT2D eigenvalue weighted by molar-refractivity contribution is 7.16. The van der Waals surface area contributed by atoms with Crippen LogP contribution in [0.1, 0.15) is 20.3 Å². The standard InChI is InChI=1S/C12H16ClN3OS/c1-7(2)5-8(17)6-14-10-9-3-4-18-11(9)16-12(13)15-10/h3-4,7-8,17H,5-6H2,1-2H3,(H,14,15,16). The summed E-state index contributed by atoms with van der Waals surface area (Å²) in [5, 5.41) is 16.1. The molecule has 0 saturated heterocycles. The molecule has 6 heteroatoms. The van der Waals surface area contributed by atoms with Crippen LogP contribution in [0.5, 0.6) is 0 Å². The van der Waals surface area contributed by atoms with Crippen LogP contribution in [0.2, 0.25) is 5.28 Å². The Balaban J connectivity index is 2.09. The summed E-state index contributed by atoms with van der Waals surface area (Å²) in [5.41, 5.74) is 0. The molecule has 0 aliphatic carbocycles. The van der Waals surface area contributed by atoms with E-state index in [-0.39, 0.29) is 11.4 Å². The van der Waals surface area contributed by atoms with Crippen LogP contribution >= 0.6 is 22.9 Å². The SMILES string of the molecule is CC(C)CC(O)CNc1nc(Cl)nc2sccc12. The third kappa shape index (κ3) is 3.31. The molecule has 0 amide bonds. The summed E-state index contributed by atoms with van der Waals surface area (Å²) in [4.78, 5) is 9.16. The lowest BCUT2D eigenvalue weighted by Crippen LogP contribution is -2.21. The lowest BCUT2D eigenvalue weighted by atomic mass is 10.1. The highest BCUT2D eigenvalue weighted by Gasteiger charge is 2.10. The monoisotopic (exact) mass is 285 g/mol. The number of anilines is 1. The van der Waals surface area contributed by atoms with Gasteiger partial charge in [-0.2, -0.15) is 0 Å². The van der Waals surface area contributed by atoms with Gasteiger partial charge < -0.3 is 10.4 Å². The fourth-order valence-corrected chi connectivity index (χ4v) is 2.79. The Labute approximate surface area is 115 Å². The van der Waals surface area contributed by atoms with Gasteiger partial charge in [0.05, 0.1) is 11.5 Å². The second-order valence-corrected chi connectivity index (χ2v) is 5.88. The summed E-state index contributed by atoms with van der Waals surface area (Å²) in [6.07, 6.45) is 0.380. The number of aliphatic hydroxyl groups excluding tert-OH is 1. The molecular formula is C12H16ClN3OS. The van der Waals surface area contributed by atoms with Crippen molar-refractivity contribution in [3.63, 3.8) is 0 Å². The van der Waals surface area contributed by atoms with Gasteiger partial charge in [0.2, 0.25) is 5.28 Å². The minimum atomic E-state index is -0.382. The quantitative estimate of drug-likeness (QED) is 0.829. The summed E-state index contributed by atoms with van der Waals surface area (Å²) < 4.78 is 0. The second-order valence-electron chi connectivity index (χ2n) is 4.64. The van der Waals surface area contributed by atoms with E-state index < -0.39 is 0 Å². The Bertz CT molecular complexity index is 529. The highest BCUT2D eigenvalue weighted by Crippen LogP contribution is 2.26. The number of nitrogens with zero attached hydrogens (tertiary/aromatic N) is 2. The van der Waals surface area contributed by atoms with E-state index in [9.17, 15) is 5.11 Å². The minimum Gasteiger partial charge on any atom is -0.391 e. The fraction of sp³-hybridized carbons (Fsp3) is 0.500. The number of aromatic nitrogens is 2. The largest absolute Gasteiger partial charge is 0.391 e. The van der Waals surface area contributed by atoms with Gasteiger partial charge in [-0.25, -0.2) is 9.97 Å². The van der Waals surface area contributed by atoms with Gasteiger partial charge in [-0.15, -0.1) is 11.3 Å². The summed E-state index contributed by atoms with van der Waals surface area (Å²) >= 11 is 7.38. The van der Waals surface area contributed by atoms with Crippen LogP contribution in [-0.2, 0) is 0 Å². The van der Waals surface area contributed by atoms with Crippen molar-refractivity contribution in [2.24, 2.45) is 5.92 Å². The summed E-state index contributed by atoms with van der Waals surface area (Å²) in [7, 11) is 0. The highest BCUT2D eigenvalue weighted by atomic mass is 35.5. The van der Waals surface area contributed by atoms with Crippen LogP contribution < -0.4 is 5.32 Å². The van der Waals surface area contributed by atoms with E-state index in [0.717, 1.165) is 16.6 Å². The molecule has 2 aromatic heterocycles. The first-order valence-electron chi connectivity index (χ1n) is 5.89. The molecule has 0 bridgehead atoms. The third-order valence-electron chi connectivity index (χ3n) is 2.55. The zero-order chi connectivity index (χ0) is 13.1. The second kappa shape index (κ2) is 5.82. The Kier molecular flexibility index (Phi) is 4.37. The van der Waals surface area contributed by atoms with Crippen LogP contribution in [0.25, 0.3) is 10.2 Å². The van der Waals surface area contributed by atoms with E-state index in [1.807, 2.05) is 11.4 Å². The predicted molar refractivity (Wildman–Crippen MR) is 76.4 cm³/mol. The number of rotatable bonds is 5. The maximum atomic E-state index is 9.84. The lowest BCUT2D eigenvalue weighted by Gasteiger charge is -2.14. The number of thiophene rings is 1. The molecule has 0 spiro atoms. The molecule has 4 nitrogen and oxygen atoms in total. The van der Waals surface area contributed by atoms with Gasteiger partial charge in [0.1, 0.15) is 10.6 Å². The van der Waals surface area contributed by atoms with Gasteiger partial charge in [0.15, 0.2) is 0 Å². The average molecular weight is 286 g/mol. The molecule has 1 atom stereocenters. The van der Waals surface area contributed by atoms with E-state index in [1.54, 1.807) is 0 Å². The average Bonchev–Trinajstić information content (AvgIpc) is 2.72. The van der Waals surface area contributed by atoms with E-state index in [1.165, 1.54) is 11.3 Å². The van der Waals surface area contributed by atoms with Gasteiger partial charge in [0.25, 0.3) is 0 Å². The van der Waals surface area contributed by atoms with Crippen molar-refractivity contribution in [3.05, 3.63) is 16.7 Å². The molecule has 0 radical (unpaired) electrons. The molecule has 2 heterocycles. The van der Waals surface area contributed by atoms with Crippen molar-refractivity contribution >= 4 is 39.0 Å². The number of hydrogen-bond donors (Lipinski definition) is 2. The van der Waals surface area contributed by atoms with Crippen LogP contribution in [0.15, 0.2) is 11.4 Å². The Morgan fingerprint density at radius 3 is 2.94 bits per heavy atom. The van der Waals surface area contributed by atoms with Gasteiger partial charge >= 0.3 is 0 Å². The number of aliphatic hydroxyl groups is 1. The zero-order valence-corrected chi connectivity index (χ0v) is 11.9.